The standard InChI is InChI=1S/C25H29N5O/c1-3-4-16-30-23(26)21(22-24(30)29-20-13-9-8-12-19(20)28-22)25(31)27-17(2)14-15-18-10-6-5-7-11-18/h5-13,17H,3-4,14-16,26H2,1-2H3,(H,27,31)/t17-/m0/s1. The Labute approximate surface area is 182 Å². The smallest absolute Gasteiger partial charge is 0.257 e. The summed E-state index contributed by atoms with van der Waals surface area (Å²) < 4.78 is 1.93. The first kappa shape index (κ1) is 20.8. The summed E-state index contributed by atoms with van der Waals surface area (Å²) in [4.78, 5) is 22.8. The minimum Gasteiger partial charge on any atom is -0.384 e. The lowest BCUT2D eigenvalue weighted by atomic mass is 10.1. The van der Waals surface area contributed by atoms with Crippen molar-refractivity contribution in [1.29, 1.82) is 0 Å². The van der Waals surface area contributed by atoms with Crippen LogP contribution in [0.5, 0.6) is 0 Å². The van der Waals surface area contributed by atoms with Gasteiger partial charge in [0.1, 0.15) is 16.9 Å². The number of amides is 1. The lowest BCUT2D eigenvalue weighted by Gasteiger charge is -2.14. The van der Waals surface area contributed by atoms with Gasteiger partial charge in [0.2, 0.25) is 0 Å². The Balaban J connectivity index is 1.64. The molecule has 4 aromatic rings. The van der Waals surface area contributed by atoms with Gasteiger partial charge in [-0.3, -0.25) is 4.79 Å². The van der Waals surface area contributed by atoms with E-state index in [0.717, 1.165) is 36.7 Å². The van der Waals surface area contributed by atoms with Gasteiger partial charge in [0.05, 0.1) is 11.0 Å². The number of nitrogens with one attached hydrogen (secondary N) is 1. The average molecular weight is 416 g/mol. The highest BCUT2D eigenvalue weighted by Gasteiger charge is 2.24. The molecule has 1 atom stereocenters. The van der Waals surface area contributed by atoms with Gasteiger partial charge >= 0.3 is 0 Å². The van der Waals surface area contributed by atoms with Crippen molar-refractivity contribution in [1.82, 2.24) is 19.9 Å². The lowest BCUT2D eigenvalue weighted by Crippen LogP contribution is -2.33. The second-order valence-corrected chi connectivity index (χ2v) is 8.05. The van der Waals surface area contributed by atoms with Crippen molar-refractivity contribution in [2.24, 2.45) is 0 Å². The summed E-state index contributed by atoms with van der Waals surface area (Å²) in [5, 5.41) is 3.12. The number of rotatable bonds is 8. The van der Waals surface area contributed by atoms with Gasteiger partial charge in [0, 0.05) is 12.6 Å². The maximum atomic E-state index is 13.3. The summed E-state index contributed by atoms with van der Waals surface area (Å²) in [6.07, 6.45) is 3.73. The molecule has 0 radical (unpaired) electrons. The Morgan fingerprint density at radius 2 is 1.74 bits per heavy atom. The number of nitrogens with zero attached hydrogens (tertiary/aromatic N) is 3. The predicted molar refractivity (Wildman–Crippen MR) is 126 cm³/mol. The molecule has 0 bridgehead atoms. The first-order valence-electron chi connectivity index (χ1n) is 11.0. The van der Waals surface area contributed by atoms with Crippen LogP contribution >= 0.6 is 0 Å². The predicted octanol–water partition coefficient (Wildman–Crippen LogP) is 4.72. The van der Waals surface area contributed by atoms with Crippen LogP contribution in [0.2, 0.25) is 0 Å². The molecular weight excluding hydrogens is 386 g/mol. The van der Waals surface area contributed by atoms with Crippen molar-refractivity contribution in [2.45, 2.75) is 52.1 Å². The number of carbonyl (C=O) groups excluding carboxylic acids is 1. The quantitative estimate of drug-likeness (QED) is 0.436. The maximum Gasteiger partial charge on any atom is 0.257 e. The third-order valence-electron chi connectivity index (χ3n) is 5.64. The van der Waals surface area contributed by atoms with E-state index >= 15 is 0 Å². The number of aryl methyl sites for hydroxylation is 2. The van der Waals surface area contributed by atoms with E-state index in [9.17, 15) is 4.79 Å². The molecule has 1 amide bonds. The third kappa shape index (κ3) is 4.38. The van der Waals surface area contributed by atoms with E-state index in [-0.39, 0.29) is 11.9 Å². The van der Waals surface area contributed by atoms with Gasteiger partial charge in [-0.1, -0.05) is 55.8 Å². The molecule has 4 rings (SSSR count). The number of hydrogen-bond donors (Lipinski definition) is 2. The molecule has 2 heterocycles. The highest BCUT2D eigenvalue weighted by molar-refractivity contribution is 6.10. The highest BCUT2D eigenvalue weighted by Crippen LogP contribution is 2.28. The second-order valence-electron chi connectivity index (χ2n) is 8.05. The van der Waals surface area contributed by atoms with E-state index in [1.54, 1.807) is 0 Å². The van der Waals surface area contributed by atoms with Crippen molar-refractivity contribution in [2.75, 3.05) is 5.73 Å². The molecule has 160 valence electrons. The van der Waals surface area contributed by atoms with Gasteiger partial charge in [-0.15, -0.1) is 0 Å². The average Bonchev–Trinajstić information content (AvgIpc) is 3.05. The van der Waals surface area contributed by atoms with E-state index < -0.39 is 0 Å². The van der Waals surface area contributed by atoms with E-state index in [2.05, 4.69) is 24.4 Å². The SMILES string of the molecule is CCCCn1c(N)c(C(=O)N[C@@H](C)CCc2ccccc2)c2nc3ccccc3nc21. The molecule has 31 heavy (non-hydrogen) atoms. The molecule has 6 heteroatoms. The first-order chi connectivity index (χ1) is 15.1. The third-order valence-corrected chi connectivity index (χ3v) is 5.64. The number of carbonyl (C=O) groups is 1. The molecule has 0 aliphatic rings. The lowest BCUT2D eigenvalue weighted by molar-refractivity contribution is 0.0940. The highest BCUT2D eigenvalue weighted by atomic mass is 16.1. The van der Waals surface area contributed by atoms with E-state index in [4.69, 9.17) is 15.7 Å². The number of unbranched alkanes of at least 4 members (excludes halogenated alkanes) is 1. The Bertz CT molecular complexity index is 1200. The van der Waals surface area contributed by atoms with Gasteiger partial charge in [-0.25, -0.2) is 9.97 Å². The molecule has 2 aromatic heterocycles. The van der Waals surface area contributed by atoms with Crippen LogP contribution < -0.4 is 11.1 Å². The summed E-state index contributed by atoms with van der Waals surface area (Å²) in [5.74, 6) is 0.245. The summed E-state index contributed by atoms with van der Waals surface area (Å²) in [6.45, 7) is 4.86. The van der Waals surface area contributed by atoms with Gasteiger partial charge in [-0.05, 0) is 43.9 Å². The zero-order chi connectivity index (χ0) is 21.8. The fourth-order valence-corrected chi connectivity index (χ4v) is 3.88. The number of fused-ring (bicyclic) bond motifs is 2. The molecule has 6 nitrogen and oxygen atoms in total. The Hall–Kier alpha value is -3.41. The molecule has 0 fully saturated rings. The van der Waals surface area contributed by atoms with Crippen LogP contribution in [-0.2, 0) is 13.0 Å². The van der Waals surface area contributed by atoms with Crippen LogP contribution in [0.4, 0.5) is 5.82 Å². The fraction of sp³-hybridized carbons (Fsp3) is 0.320. The molecule has 0 unspecified atom stereocenters. The van der Waals surface area contributed by atoms with Crippen LogP contribution in [0.1, 0.15) is 49.0 Å². The summed E-state index contributed by atoms with van der Waals surface area (Å²) >= 11 is 0. The zero-order valence-corrected chi connectivity index (χ0v) is 18.1. The Kier molecular flexibility index (Phi) is 6.16. The molecule has 0 aliphatic carbocycles. The molecule has 0 saturated carbocycles. The zero-order valence-electron chi connectivity index (χ0n) is 18.1. The number of nitrogens with two attached hydrogens (primary N) is 1. The molecule has 0 saturated heterocycles. The summed E-state index contributed by atoms with van der Waals surface area (Å²) in [7, 11) is 0. The minimum absolute atomic E-state index is 0.00886. The van der Waals surface area contributed by atoms with Crippen molar-refractivity contribution in [3.05, 3.63) is 65.7 Å². The van der Waals surface area contributed by atoms with Crippen LogP contribution in [0.3, 0.4) is 0 Å². The summed E-state index contributed by atoms with van der Waals surface area (Å²) in [6, 6.07) is 18.0. The molecule has 3 N–H and O–H groups in total. The number of para-hydroxylation sites is 2. The van der Waals surface area contributed by atoms with Gasteiger partial charge in [-0.2, -0.15) is 0 Å². The van der Waals surface area contributed by atoms with Gasteiger partial charge < -0.3 is 15.6 Å². The second kappa shape index (κ2) is 9.16. The topological polar surface area (TPSA) is 85.8 Å². The first-order valence-corrected chi connectivity index (χ1v) is 11.0. The number of aromatic nitrogens is 3. The Morgan fingerprint density at radius 1 is 1.06 bits per heavy atom. The van der Waals surface area contributed by atoms with Crippen molar-refractivity contribution in [3.63, 3.8) is 0 Å². The normalized spacial score (nSPS) is 12.3. The number of hydrogen-bond acceptors (Lipinski definition) is 4. The number of anilines is 1. The monoisotopic (exact) mass is 415 g/mol. The molecular formula is C25H29N5O. The van der Waals surface area contributed by atoms with Gasteiger partial charge in [0.25, 0.3) is 5.91 Å². The molecule has 2 aromatic carbocycles. The van der Waals surface area contributed by atoms with Crippen LogP contribution in [0.25, 0.3) is 22.2 Å². The number of nitrogen functional groups attached to an aromatic ring is 1. The fourth-order valence-electron chi connectivity index (χ4n) is 3.88. The summed E-state index contributed by atoms with van der Waals surface area (Å²) in [5.41, 5.74) is 11.0. The van der Waals surface area contributed by atoms with Crippen molar-refractivity contribution in [3.8, 4) is 0 Å². The van der Waals surface area contributed by atoms with E-state index in [0.29, 0.717) is 29.1 Å². The van der Waals surface area contributed by atoms with Crippen LogP contribution in [0.15, 0.2) is 54.6 Å². The minimum atomic E-state index is -0.192. The molecule has 0 aliphatic heterocycles. The van der Waals surface area contributed by atoms with E-state index in [1.165, 1.54) is 5.56 Å². The number of benzene rings is 2. The van der Waals surface area contributed by atoms with Crippen molar-refractivity contribution < 1.29 is 4.79 Å². The van der Waals surface area contributed by atoms with Crippen LogP contribution in [0, 0.1) is 0 Å². The van der Waals surface area contributed by atoms with Crippen LogP contribution in [-0.4, -0.2) is 26.5 Å². The largest absolute Gasteiger partial charge is 0.384 e. The maximum absolute atomic E-state index is 13.3. The Morgan fingerprint density at radius 3 is 2.45 bits per heavy atom. The van der Waals surface area contributed by atoms with Crippen molar-refractivity contribution >= 4 is 33.9 Å². The van der Waals surface area contributed by atoms with E-state index in [1.807, 2.05) is 54.0 Å². The molecule has 0 spiro atoms. The van der Waals surface area contributed by atoms with Gasteiger partial charge in [0.15, 0.2) is 5.65 Å².